The van der Waals surface area contributed by atoms with Gasteiger partial charge in [-0.2, -0.15) is 0 Å². The average Bonchev–Trinajstić information content (AvgIpc) is 2.43. The first-order chi connectivity index (χ1) is 5.43. The summed E-state index contributed by atoms with van der Waals surface area (Å²) in [6, 6.07) is 2.29. The number of nitrogens with zero attached hydrogens (tertiary/aromatic N) is 1. The molecular weight excluding hydrogens is 134 g/mol. The quantitative estimate of drug-likeness (QED) is 0.367. The molecule has 2 saturated heterocycles. The summed E-state index contributed by atoms with van der Waals surface area (Å²) in [5.41, 5.74) is 0. The van der Waals surface area contributed by atoms with E-state index in [9.17, 15) is 0 Å². The fourth-order valence-corrected chi connectivity index (χ4v) is 3.78. The zero-order chi connectivity index (χ0) is 7.31. The molecule has 1 spiro atoms. The van der Waals surface area contributed by atoms with E-state index in [1.807, 2.05) is 0 Å². The van der Waals surface area contributed by atoms with Crippen molar-refractivity contribution in [2.75, 3.05) is 13.1 Å². The van der Waals surface area contributed by atoms with E-state index in [0.717, 1.165) is 12.1 Å². The summed E-state index contributed by atoms with van der Waals surface area (Å²) in [5.74, 6) is 0. The van der Waals surface area contributed by atoms with Crippen molar-refractivity contribution in [3.8, 4) is 0 Å². The van der Waals surface area contributed by atoms with E-state index in [-0.39, 0.29) is 0 Å². The Morgan fingerprint density at radius 1 is 0.727 bits per heavy atom. The van der Waals surface area contributed by atoms with Crippen LogP contribution in [-0.2, 0) is 0 Å². The topological polar surface area (TPSA) is 0 Å². The summed E-state index contributed by atoms with van der Waals surface area (Å²) >= 11 is 0. The molecule has 0 amide bonds. The van der Waals surface area contributed by atoms with E-state index in [0.29, 0.717) is 0 Å². The fraction of sp³-hybridized carbons (Fsp3) is 1.00. The van der Waals surface area contributed by atoms with E-state index in [1.165, 1.54) is 38.8 Å². The van der Waals surface area contributed by atoms with Gasteiger partial charge in [0.05, 0.1) is 13.1 Å². The Morgan fingerprint density at radius 2 is 1.27 bits per heavy atom. The molecule has 3 aliphatic rings. The Hall–Kier alpha value is -0.0400. The molecule has 1 nitrogen and oxygen atoms in total. The van der Waals surface area contributed by atoms with Gasteiger partial charge in [-0.15, -0.1) is 0 Å². The Kier molecular flexibility index (Phi) is 1.18. The van der Waals surface area contributed by atoms with Crippen LogP contribution >= 0.6 is 0 Å². The maximum atomic E-state index is 1.58. The number of hydrogen-bond donors (Lipinski definition) is 0. The number of fused-ring (bicyclic) bond motifs is 3. The summed E-state index contributed by atoms with van der Waals surface area (Å²) in [7, 11) is 0. The minimum Gasteiger partial charge on any atom is -0.309 e. The van der Waals surface area contributed by atoms with Crippen LogP contribution in [0.15, 0.2) is 0 Å². The molecule has 0 bridgehead atoms. The van der Waals surface area contributed by atoms with Crippen LogP contribution in [0.5, 0.6) is 0 Å². The van der Waals surface area contributed by atoms with E-state index in [2.05, 4.69) is 0 Å². The molecule has 11 heavy (non-hydrogen) atoms. The largest absolute Gasteiger partial charge is 0.309 e. The Labute approximate surface area is 69.0 Å². The predicted octanol–water partition coefficient (Wildman–Crippen LogP) is 1.92. The van der Waals surface area contributed by atoms with E-state index in [4.69, 9.17) is 0 Å². The van der Waals surface area contributed by atoms with Gasteiger partial charge in [0, 0.05) is 25.7 Å². The second-order valence-corrected chi connectivity index (χ2v) is 4.68. The molecule has 2 aliphatic heterocycles. The standard InChI is InChI=1S/C10H18N/c1-2-6-10-9(5-1)11(10)7-3-4-8-11/h9-10H,1-8H2/q+1. The minimum atomic E-state index is 1.14. The van der Waals surface area contributed by atoms with Gasteiger partial charge in [0.25, 0.3) is 0 Å². The van der Waals surface area contributed by atoms with Crippen LogP contribution in [-0.4, -0.2) is 29.7 Å². The van der Waals surface area contributed by atoms with Crippen molar-refractivity contribution >= 4 is 0 Å². The van der Waals surface area contributed by atoms with Gasteiger partial charge in [0.15, 0.2) is 0 Å². The first kappa shape index (κ1) is 6.47. The van der Waals surface area contributed by atoms with Crippen LogP contribution in [0.2, 0.25) is 0 Å². The lowest BCUT2D eigenvalue weighted by atomic mass is 10.0. The Bertz CT molecular complexity index is 156. The summed E-state index contributed by atoms with van der Waals surface area (Å²) in [6.07, 6.45) is 9.22. The lowest BCUT2D eigenvalue weighted by Gasteiger charge is -2.12. The number of hydrogen-bond acceptors (Lipinski definition) is 0. The highest BCUT2D eigenvalue weighted by molar-refractivity contribution is 4.93. The smallest absolute Gasteiger partial charge is 0.142 e. The third-order valence-electron chi connectivity index (χ3n) is 4.32. The molecule has 0 aromatic heterocycles. The summed E-state index contributed by atoms with van der Waals surface area (Å²) in [5, 5.41) is 0. The van der Waals surface area contributed by atoms with Crippen molar-refractivity contribution in [2.45, 2.75) is 50.6 Å². The van der Waals surface area contributed by atoms with Crippen LogP contribution in [0.3, 0.4) is 0 Å². The van der Waals surface area contributed by atoms with Gasteiger partial charge in [-0.25, -0.2) is 0 Å². The van der Waals surface area contributed by atoms with Crippen molar-refractivity contribution in [3.05, 3.63) is 0 Å². The highest BCUT2D eigenvalue weighted by Gasteiger charge is 2.66. The second-order valence-electron chi connectivity index (χ2n) is 4.68. The van der Waals surface area contributed by atoms with Crippen LogP contribution in [0, 0.1) is 0 Å². The van der Waals surface area contributed by atoms with E-state index in [1.54, 1.807) is 17.3 Å². The molecule has 2 heterocycles. The third kappa shape index (κ3) is 0.703. The van der Waals surface area contributed by atoms with Crippen LogP contribution in [0.4, 0.5) is 0 Å². The van der Waals surface area contributed by atoms with Gasteiger partial charge >= 0.3 is 0 Å². The lowest BCUT2D eigenvalue weighted by Crippen LogP contribution is -2.25. The van der Waals surface area contributed by atoms with E-state index >= 15 is 0 Å². The van der Waals surface area contributed by atoms with Crippen LogP contribution in [0.25, 0.3) is 0 Å². The van der Waals surface area contributed by atoms with Crippen LogP contribution < -0.4 is 0 Å². The van der Waals surface area contributed by atoms with Gasteiger partial charge in [-0.3, -0.25) is 0 Å². The highest BCUT2D eigenvalue weighted by Crippen LogP contribution is 2.51. The van der Waals surface area contributed by atoms with Crippen LogP contribution in [0.1, 0.15) is 38.5 Å². The highest BCUT2D eigenvalue weighted by atomic mass is 15.5. The molecule has 3 fully saturated rings. The summed E-state index contributed by atoms with van der Waals surface area (Å²) in [4.78, 5) is 0. The van der Waals surface area contributed by atoms with Crippen molar-refractivity contribution in [2.24, 2.45) is 0 Å². The fourth-order valence-electron chi connectivity index (χ4n) is 3.78. The predicted molar refractivity (Wildman–Crippen MR) is 45.3 cm³/mol. The SMILES string of the molecule is C1CCC2C(C1)[N+]21CCCC1. The molecule has 1 saturated carbocycles. The van der Waals surface area contributed by atoms with Crippen molar-refractivity contribution in [1.82, 2.24) is 0 Å². The van der Waals surface area contributed by atoms with Gasteiger partial charge in [-0.05, 0) is 12.8 Å². The first-order valence-corrected chi connectivity index (χ1v) is 5.30. The molecular formula is C10H18N+. The molecule has 2 unspecified atom stereocenters. The normalized spacial score (nSPS) is 45.8. The number of quaternary nitrogens is 1. The van der Waals surface area contributed by atoms with Crippen molar-refractivity contribution in [3.63, 3.8) is 0 Å². The van der Waals surface area contributed by atoms with Gasteiger partial charge < -0.3 is 4.48 Å². The zero-order valence-corrected chi connectivity index (χ0v) is 7.26. The Balaban J connectivity index is 1.80. The summed E-state index contributed by atoms with van der Waals surface area (Å²) in [6.45, 7) is 3.07. The van der Waals surface area contributed by atoms with Crippen molar-refractivity contribution < 1.29 is 4.48 Å². The molecule has 0 N–H and O–H groups in total. The molecule has 0 radical (unpaired) electrons. The zero-order valence-electron chi connectivity index (χ0n) is 7.26. The molecule has 1 heteroatoms. The lowest BCUT2D eigenvalue weighted by molar-refractivity contribution is -0.813. The van der Waals surface area contributed by atoms with Gasteiger partial charge in [0.1, 0.15) is 12.1 Å². The maximum Gasteiger partial charge on any atom is 0.142 e. The van der Waals surface area contributed by atoms with Crippen molar-refractivity contribution in [1.29, 1.82) is 0 Å². The third-order valence-corrected chi connectivity index (χ3v) is 4.32. The molecule has 62 valence electrons. The first-order valence-electron chi connectivity index (χ1n) is 5.30. The number of rotatable bonds is 0. The van der Waals surface area contributed by atoms with Gasteiger partial charge in [-0.1, -0.05) is 0 Å². The molecule has 0 aromatic carbocycles. The van der Waals surface area contributed by atoms with Gasteiger partial charge in [0.2, 0.25) is 0 Å². The Morgan fingerprint density at radius 3 is 1.82 bits per heavy atom. The average molecular weight is 152 g/mol. The molecule has 0 aromatic rings. The minimum absolute atomic E-state index is 1.14. The molecule has 1 aliphatic carbocycles. The summed E-state index contributed by atoms with van der Waals surface area (Å²) < 4.78 is 1.58. The molecule has 2 atom stereocenters. The monoisotopic (exact) mass is 152 g/mol. The second kappa shape index (κ2) is 2.01. The molecule has 3 rings (SSSR count). The van der Waals surface area contributed by atoms with E-state index < -0.39 is 0 Å². The maximum absolute atomic E-state index is 1.58.